The quantitative estimate of drug-likeness (QED) is 0.542. The molecular formula is C13H21NO2. The average Bonchev–Trinajstić information content (AvgIpc) is 2.20. The van der Waals surface area contributed by atoms with Gasteiger partial charge in [-0.3, -0.25) is 9.69 Å². The van der Waals surface area contributed by atoms with Crippen LogP contribution in [0.2, 0.25) is 0 Å². The molecule has 0 aromatic heterocycles. The van der Waals surface area contributed by atoms with Crippen molar-refractivity contribution in [1.82, 2.24) is 4.90 Å². The first-order chi connectivity index (χ1) is 7.70. The van der Waals surface area contributed by atoms with Crippen molar-refractivity contribution in [1.29, 1.82) is 0 Å². The second-order valence-electron chi connectivity index (χ2n) is 4.83. The van der Waals surface area contributed by atoms with Crippen molar-refractivity contribution in [3.8, 4) is 0 Å². The zero-order valence-electron chi connectivity index (χ0n) is 10.2. The molecule has 16 heavy (non-hydrogen) atoms. The Balaban J connectivity index is 1.98. The predicted molar refractivity (Wildman–Crippen MR) is 63.1 cm³/mol. The van der Waals surface area contributed by atoms with Crippen molar-refractivity contribution < 1.29 is 9.53 Å². The predicted octanol–water partition coefficient (Wildman–Crippen LogP) is 2.12. The molecular weight excluding hydrogens is 202 g/mol. The Labute approximate surface area is 97.5 Å². The summed E-state index contributed by atoms with van der Waals surface area (Å²) >= 11 is 0. The van der Waals surface area contributed by atoms with Crippen molar-refractivity contribution in [3.05, 3.63) is 11.6 Å². The lowest BCUT2D eigenvalue weighted by Gasteiger charge is -2.42. The highest BCUT2D eigenvalue weighted by molar-refractivity contribution is 5.72. The third-order valence-corrected chi connectivity index (χ3v) is 3.74. The van der Waals surface area contributed by atoms with E-state index in [4.69, 9.17) is 4.74 Å². The number of hydrogen-bond donors (Lipinski definition) is 0. The molecule has 3 heteroatoms. The molecule has 2 atom stereocenters. The van der Waals surface area contributed by atoms with Crippen molar-refractivity contribution in [2.75, 3.05) is 13.7 Å². The van der Waals surface area contributed by atoms with Gasteiger partial charge in [0.25, 0.3) is 0 Å². The lowest BCUT2D eigenvalue weighted by atomic mass is 9.85. The Hall–Kier alpha value is -0.830. The summed E-state index contributed by atoms with van der Waals surface area (Å²) in [6, 6.07) is 1.20. The summed E-state index contributed by atoms with van der Waals surface area (Å²) < 4.78 is 5.00. The van der Waals surface area contributed by atoms with Crippen LogP contribution in [0.4, 0.5) is 0 Å². The van der Waals surface area contributed by atoms with Gasteiger partial charge >= 0.3 is 5.97 Å². The molecule has 1 saturated heterocycles. The maximum absolute atomic E-state index is 11.4. The maximum atomic E-state index is 11.4. The summed E-state index contributed by atoms with van der Waals surface area (Å²) in [5.74, 6) is -0.0728. The van der Waals surface area contributed by atoms with Crippen LogP contribution in [-0.2, 0) is 9.53 Å². The van der Waals surface area contributed by atoms with Gasteiger partial charge in [0, 0.05) is 12.1 Å². The summed E-state index contributed by atoms with van der Waals surface area (Å²) in [7, 11) is 2.20. The van der Waals surface area contributed by atoms with Gasteiger partial charge in [-0.25, -0.2) is 0 Å². The smallest absolute Gasteiger partial charge is 0.309 e. The van der Waals surface area contributed by atoms with E-state index in [1.165, 1.54) is 24.8 Å². The highest BCUT2D eigenvalue weighted by Gasteiger charge is 2.31. The lowest BCUT2D eigenvalue weighted by Crippen LogP contribution is -2.46. The van der Waals surface area contributed by atoms with Crippen LogP contribution >= 0.6 is 0 Å². The van der Waals surface area contributed by atoms with Crippen LogP contribution in [0.15, 0.2) is 11.6 Å². The number of piperidine rings is 1. The number of rotatable bonds is 3. The lowest BCUT2D eigenvalue weighted by molar-refractivity contribution is -0.142. The zero-order chi connectivity index (χ0) is 11.5. The van der Waals surface area contributed by atoms with Crippen LogP contribution < -0.4 is 0 Å². The van der Waals surface area contributed by atoms with Gasteiger partial charge in [0.15, 0.2) is 0 Å². The minimum Gasteiger partial charge on any atom is -0.466 e. The van der Waals surface area contributed by atoms with E-state index in [1.54, 1.807) is 0 Å². The summed E-state index contributed by atoms with van der Waals surface area (Å²) in [6.45, 7) is 2.34. The van der Waals surface area contributed by atoms with Crippen LogP contribution in [0.25, 0.3) is 0 Å². The van der Waals surface area contributed by atoms with E-state index in [1.807, 2.05) is 6.92 Å². The van der Waals surface area contributed by atoms with Gasteiger partial charge in [-0.1, -0.05) is 18.1 Å². The van der Waals surface area contributed by atoms with E-state index >= 15 is 0 Å². The van der Waals surface area contributed by atoms with Crippen molar-refractivity contribution in [3.63, 3.8) is 0 Å². The molecule has 0 N–H and O–H groups in total. The largest absolute Gasteiger partial charge is 0.466 e. The molecule has 0 spiro atoms. The number of carbonyl (C=O) groups is 1. The first kappa shape index (κ1) is 11.6. The molecule has 2 bridgehead atoms. The molecule has 0 saturated carbocycles. The van der Waals surface area contributed by atoms with Gasteiger partial charge in [-0.15, -0.1) is 0 Å². The standard InChI is InChI=1S/C13H21NO2/c1-3-16-13(15)9-10-7-11-5-4-6-12(8-10)14(11)2/h7,11-12H,3-6,8-9H2,1-2H3/t11-,12+/m1/s1. The van der Waals surface area contributed by atoms with Gasteiger partial charge in [-0.05, 0) is 33.2 Å². The van der Waals surface area contributed by atoms with E-state index in [0.29, 0.717) is 25.1 Å². The normalized spacial score (nSPS) is 29.8. The van der Waals surface area contributed by atoms with Crippen molar-refractivity contribution >= 4 is 5.97 Å². The third-order valence-electron chi connectivity index (χ3n) is 3.74. The molecule has 0 aliphatic carbocycles. The zero-order valence-corrected chi connectivity index (χ0v) is 10.2. The molecule has 3 nitrogen and oxygen atoms in total. The van der Waals surface area contributed by atoms with Gasteiger partial charge in [-0.2, -0.15) is 0 Å². The molecule has 0 amide bonds. The second kappa shape index (κ2) is 5.00. The van der Waals surface area contributed by atoms with E-state index in [2.05, 4.69) is 18.0 Å². The first-order valence-corrected chi connectivity index (χ1v) is 6.28. The number of esters is 1. The highest BCUT2D eigenvalue weighted by Crippen LogP contribution is 2.32. The van der Waals surface area contributed by atoms with Crippen LogP contribution in [-0.4, -0.2) is 36.6 Å². The van der Waals surface area contributed by atoms with Crippen LogP contribution in [0, 0.1) is 0 Å². The Bertz CT molecular complexity index is 298. The van der Waals surface area contributed by atoms with Crippen molar-refractivity contribution in [2.45, 2.75) is 51.1 Å². The number of nitrogens with zero attached hydrogens (tertiary/aromatic N) is 1. The molecule has 0 aromatic rings. The number of carbonyl (C=O) groups excluding carboxylic acids is 1. The average molecular weight is 223 g/mol. The van der Waals surface area contributed by atoms with E-state index in [0.717, 1.165) is 6.42 Å². The van der Waals surface area contributed by atoms with Gasteiger partial charge in [0.2, 0.25) is 0 Å². The third kappa shape index (κ3) is 2.46. The summed E-state index contributed by atoms with van der Waals surface area (Å²) in [5.41, 5.74) is 1.28. The Kier molecular flexibility index (Phi) is 3.64. The second-order valence-corrected chi connectivity index (χ2v) is 4.83. The fourth-order valence-corrected chi connectivity index (χ4v) is 2.86. The van der Waals surface area contributed by atoms with E-state index in [-0.39, 0.29) is 5.97 Å². The number of ether oxygens (including phenoxy) is 1. The van der Waals surface area contributed by atoms with Crippen LogP contribution in [0.5, 0.6) is 0 Å². The fourth-order valence-electron chi connectivity index (χ4n) is 2.86. The van der Waals surface area contributed by atoms with Crippen LogP contribution in [0.1, 0.15) is 39.0 Å². The van der Waals surface area contributed by atoms with E-state index < -0.39 is 0 Å². The maximum Gasteiger partial charge on any atom is 0.309 e. The molecule has 0 radical (unpaired) electrons. The minimum atomic E-state index is -0.0728. The molecule has 2 rings (SSSR count). The molecule has 1 fully saturated rings. The molecule has 0 aromatic carbocycles. The Morgan fingerprint density at radius 1 is 1.56 bits per heavy atom. The summed E-state index contributed by atoms with van der Waals surface area (Å²) in [5, 5.41) is 0. The van der Waals surface area contributed by atoms with Gasteiger partial charge < -0.3 is 4.74 Å². The van der Waals surface area contributed by atoms with Crippen molar-refractivity contribution in [2.24, 2.45) is 0 Å². The van der Waals surface area contributed by atoms with Crippen LogP contribution in [0.3, 0.4) is 0 Å². The number of likely N-dealkylation sites (N-methyl/N-ethyl adjacent to an activating group) is 1. The molecule has 90 valence electrons. The first-order valence-electron chi connectivity index (χ1n) is 6.28. The van der Waals surface area contributed by atoms with E-state index in [9.17, 15) is 4.79 Å². The SMILES string of the molecule is CCOC(=O)CC1=C[C@H]2CCC[C@@H](C1)N2C. The highest BCUT2D eigenvalue weighted by atomic mass is 16.5. The Morgan fingerprint density at radius 2 is 2.38 bits per heavy atom. The molecule has 2 aliphatic heterocycles. The number of fused-ring (bicyclic) bond motifs is 2. The Morgan fingerprint density at radius 3 is 3.06 bits per heavy atom. The monoisotopic (exact) mass is 223 g/mol. The summed E-state index contributed by atoms with van der Waals surface area (Å²) in [4.78, 5) is 13.9. The van der Waals surface area contributed by atoms with Gasteiger partial charge in [0.05, 0.1) is 13.0 Å². The van der Waals surface area contributed by atoms with Gasteiger partial charge in [0.1, 0.15) is 0 Å². The molecule has 2 heterocycles. The molecule has 2 aliphatic rings. The molecule has 0 unspecified atom stereocenters. The number of hydrogen-bond acceptors (Lipinski definition) is 3. The minimum absolute atomic E-state index is 0.0728. The fraction of sp³-hybridized carbons (Fsp3) is 0.769. The summed E-state index contributed by atoms with van der Waals surface area (Å²) in [6.07, 6.45) is 7.66. The topological polar surface area (TPSA) is 29.5 Å².